The third-order valence-corrected chi connectivity index (χ3v) is 7.04. The van der Waals surface area contributed by atoms with Gasteiger partial charge >= 0.3 is 5.97 Å². The molecule has 36 heavy (non-hydrogen) atoms. The number of esters is 1. The van der Waals surface area contributed by atoms with Gasteiger partial charge in [-0.1, -0.05) is 29.3 Å². The number of hydrogen-bond donors (Lipinski definition) is 0. The zero-order chi connectivity index (χ0) is 26.3. The minimum Gasteiger partial charge on any atom is -0.495 e. The number of benzene rings is 2. The highest BCUT2D eigenvalue weighted by Gasteiger charge is 2.38. The highest BCUT2D eigenvalue weighted by atomic mass is 35.5. The number of aryl methyl sites for hydroxylation is 2. The number of ether oxygens (including phenoxy) is 2. The molecule has 0 saturated carbocycles. The van der Waals surface area contributed by atoms with Crippen molar-refractivity contribution in [2.24, 2.45) is 0 Å². The molecule has 0 unspecified atom stereocenters. The lowest BCUT2D eigenvalue weighted by molar-refractivity contribution is -0.136. The van der Waals surface area contributed by atoms with Crippen LogP contribution in [0.5, 0.6) is 5.75 Å². The van der Waals surface area contributed by atoms with Gasteiger partial charge in [0.15, 0.2) is 0 Å². The maximum absolute atomic E-state index is 13.7. The Morgan fingerprint density at radius 1 is 0.944 bits per heavy atom. The predicted molar refractivity (Wildman–Crippen MR) is 143 cm³/mol. The molecule has 0 saturated heterocycles. The summed E-state index contributed by atoms with van der Waals surface area (Å²) in [6, 6.07) is 12.8. The highest BCUT2D eigenvalue weighted by Crippen LogP contribution is 2.38. The van der Waals surface area contributed by atoms with E-state index in [0.717, 1.165) is 34.0 Å². The summed E-state index contributed by atoms with van der Waals surface area (Å²) in [5, 5.41) is 0.680. The minimum absolute atomic E-state index is 0.200. The molecule has 1 aliphatic rings. The molecule has 1 amide bonds. The van der Waals surface area contributed by atoms with Crippen LogP contribution in [0.4, 0.5) is 5.69 Å². The van der Waals surface area contributed by atoms with Crippen LogP contribution >= 0.6 is 23.2 Å². The first-order chi connectivity index (χ1) is 17.1. The zero-order valence-electron chi connectivity index (χ0n) is 20.9. The van der Waals surface area contributed by atoms with E-state index in [1.807, 2.05) is 45.0 Å². The van der Waals surface area contributed by atoms with E-state index in [0.29, 0.717) is 21.4 Å². The molecule has 0 bridgehead atoms. The number of anilines is 1. The Balaban J connectivity index is 1.88. The Bertz CT molecular complexity index is 1470. The number of methoxy groups -OCH3 is 2. The zero-order valence-corrected chi connectivity index (χ0v) is 22.4. The fourth-order valence-corrected chi connectivity index (χ4v) is 4.84. The number of hydrogen-bond acceptors (Lipinski definition) is 4. The maximum Gasteiger partial charge on any atom is 0.340 e. The lowest BCUT2D eigenvalue weighted by Crippen LogP contribution is -2.24. The van der Waals surface area contributed by atoms with Crippen molar-refractivity contribution in [1.82, 2.24) is 4.57 Å². The van der Waals surface area contributed by atoms with Crippen molar-refractivity contribution in [1.29, 1.82) is 0 Å². The molecule has 1 aromatic heterocycles. The summed E-state index contributed by atoms with van der Waals surface area (Å²) in [4.78, 5) is 27.9. The van der Waals surface area contributed by atoms with Gasteiger partial charge in [0.25, 0.3) is 5.91 Å². The van der Waals surface area contributed by atoms with Crippen molar-refractivity contribution in [3.8, 4) is 11.4 Å². The minimum atomic E-state index is -0.594. The van der Waals surface area contributed by atoms with Crippen molar-refractivity contribution in [2.75, 3.05) is 19.1 Å². The molecule has 0 N–H and O–H groups in total. The van der Waals surface area contributed by atoms with Gasteiger partial charge in [0.1, 0.15) is 5.75 Å². The van der Waals surface area contributed by atoms with Crippen LogP contribution in [-0.2, 0) is 14.3 Å². The average Bonchev–Trinajstić information content (AvgIpc) is 3.26. The average molecular weight is 525 g/mol. The van der Waals surface area contributed by atoms with Crippen molar-refractivity contribution >= 4 is 46.8 Å². The summed E-state index contributed by atoms with van der Waals surface area (Å²) in [5.41, 5.74) is 6.03. The van der Waals surface area contributed by atoms with Crippen molar-refractivity contribution in [3.63, 3.8) is 0 Å². The summed E-state index contributed by atoms with van der Waals surface area (Å²) in [7, 11) is 2.93. The van der Waals surface area contributed by atoms with Crippen molar-refractivity contribution < 1.29 is 19.1 Å². The van der Waals surface area contributed by atoms with Gasteiger partial charge in [0.2, 0.25) is 0 Å². The Kier molecular flexibility index (Phi) is 7.03. The molecule has 0 aliphatic carbocycles. The van der Waals surface area contributed by atoms with Crippen molar-refractivity contribution in [3.05, 3.63) is 91.9 Å². The monoisotopic (exact) mass is 524 g/mol. The van der Waals surface area contributed by atoms with Gasteiger partial charge in [-0.3, -0.25) is 9.69 Å². The molecule has 4 rings (SSSR count). The van der Waals surface area contributed by atoms with E-state index >= 15 is 0 Å². The molecular formula is C28H26Cl2N2O4. The van der Waals surface area contributed by atoms with Crippen LogP contribution in [0.2, 0.25) is 10.0 Å². The quantitative estimate of drug-likeness (QED) is 0.278. The number of halogens is 2. The first-order valence-corrected chi connectivity index (χ1v) is 12.0. The van der Waals surface area contributed by atoms with E-state index in [2.05, 4.69) is 4.57 Å². The number of amides is 1. The lowest BCUT2D eigenvalue weighted by Gasteiger charge is -2.18. The van der Waals surface area contributed by atoms with Crippen LogP contribution in [0, 0.1) is 20.8 Å². The van der Waals surface area contributed by atoms with Gasteiger partial charge in [-0.25, -0.2) is 4.79 Å². The van der Waals surface area contributed by atoms with E-state index in [4.69, 9.17) is 32.7 Å². The molecule has 186 valence electrons. The van der Waals surface area contributed by atoms with Crippen LogP contribution < -0.4 is 9.64 Å². The van der Waals surface area contributed by atoms with E-state index in [1.165, 1.54) is 12.0 Å². The van der Waals surface area contributed by atoms with Crippen molar-refractivity contribution in [2.45, 2.75) is 27.7 Å². The Morgan fingerprint density at radius 2 is 1.67 bits per heavy atom. The molecule has 2 aromatic carbocycles. The number of aromatic nitrogens is 1. The second-order valence-corrected chi connectivity index (χ2v) is 9.40. The summed E-state index contributed by atoms with van der Waals surface area (Å²) < 4.78 is 12.7. The van der Waals surface area contributed by atoms with Gasteiger partial charge < -0.3 is 14.0 Å². The summed E-state index contributed by atoms with van der Waals surface area (Å²) in [6.45, 7) is 7.67. The predicted octanol–water partition coefficient (Wildman–Crippen LogP) is 6.60. The second kappa shape index (κ2) is 9.88. The molecule has 0 atom stereocenters. The molecule has 2 heterocycles. The summed E-state index contributed by atoms with van der Waals surface area (Å²) >= 11 is 12.3. The Labute approximate surface area is 220 Å². The van der Waals surface area contributed by atoms with Gasteiger partial charge in [-0.05, 0) is 81.3 Å². The molecule has 8 heteroatoms. The number of carbonyl (C=O) groups excluding carboxylic acids is 2. The molecule has 3 aromatic rings. The van der Waals surface area contributed by atoms with E-state index < -0.39 is 5.97 Å². The fourth-order valence-electron chi connectivity index (χ4n) is 4.55. The summed E-state index contributed by atoms with van der Waals surface area (Å²) in [5.74, 6) is -0.219. The topological polar surface area (TPSA) is 60.8 Å². The van der Waals surface area contributed by atoms with Gasteiger partial charge in [-0.2, -0.15) is 0 Å². The van der Waals surface area contributed by atoms with E-state index in [-0.39, 0.29) is 17.1 Å². The highest BCUT2D eigenvalue weighted by molar-refractivity contribution is 6.42. The second-order valence-electron chi connectivity index (χ2n) is 8.59. The van der Waals surface area contributed by atoms with Gasteiger partial charge in [0.05, 0.1) is 46.8 Å². The lowest BCUT2D eigenvalue weighted by atomic mass is 10.0. The van der Waals surface area contributed by atoms with Crippen LogP contribution in [-0.4, -0.2) is 30.7 Å². The van der Waals surface area contributed by atoms with Crippen LogP contribution in [0.1, 0.15) is 29.4 Å². The van der Waals surface area contributed by atoms with Crippen LogP contribution in [0.3, 0.4) is 0 Å². The molecule has 0 radical (unpaired) electrons. The third-order valence-electron chi connectivity index (χ3n) is 6.30. The normalized spacial score (nSPS) is 14.7. The van der Waals surface area contributed by atoms with Gasteiger partial charge in [0, 0.05) is 17.1 Å². The van der Waals surface area contributed by atoms with Gasteiger partial charge in [-0.15, -0.1) is 0 Å². The third kappa shape index (κ3) is 4.31. The van der Waals surface area contributed by atoms with E-state index in [1.54, 1.807) is 38.3 Å². The molecular weight excluding hydrogens is 499 g/mol. The summed E-state index contributed by atoms with van der Waals surface area (Å²) in [6.07, 6.45) is 1.73. The Morgan fingerprint density at radius 3 is 2.31 bits per heavy atom. The Hall–Kier alpha value is -3.48. The molecule has 6 nitrogen and oxygen atoms in total. The molecule has 0 fully saturated rings. The molecule has 0 spiro atoms. The first kappa shape index (κ1) is 25.6. The number of nitrogens with zero attached hydrogens (tertiary/aromatic N) is 2. The smallest absolute Gasteiger partial charge is 0.340 e. The van der Waals surface area contributed by atoms with Crippen LogP contribution in [0.15, 0.2) is 59.3 Å². The molecule has 1 aliphatic heterocycles. The largest absolute Gasteiger partial charge is 0.495 e. The van der Waals surface area contributed by atoms with E-state index in [9.17, 15) is 9.59 Å². The maximum atomic E-state index is 13.7. The number of rotatable bonds is 5. The SMILES string of the molecule is COC(=O)C1=C(C)N(c2ccc(Cl)c(Cl)c2)C(=O)/C1=C\c1cc(C)n(-c2cc(C)ccc2OC)c1C. The van der Waals surface area contributed by atoms with Crippen LogP contribution in [0.25, 0.3) is 11.8 Å². The number of allylic oxidation sites excluding steroid dienone is 1. The number of carbonyl (C=O) groups is 2. The fraction of sp³-hybridized carbons (Fsp3) is 0.214. The standard InChI is InChI=1S/C28H26Cl2N2O4/c1-15-7-10-25(35-5)24(11-15)31-16(2)12-19(17(31)3)13-21-26(28(34)36-6)18(4)32(27(21)33)20-8-9-22(29)23(30)14-20/h7-14H,1-6H3/b21-13-. The first-order valence-electron chi connectivity index (χ1n) is 11.2.